The zero-order chi connectivity index (χ0) is 12.6. The Labute approximate surface area is 119 Å². The summed E-state index contributed by atoms with van der Waals surface area (Å²) in [6.07, 6.45) is 0. The Hall–Kier alpha value is -0.760. The maximum atomic E-state index is 13.4. The molecule has 2 rings (SSSR count). The van der Waals surface area contributed by atoms with Gasteiger partial charge in [-0.3, -0.25) is 4.79 Å². The van der Waals surface area contributed by atoms with Gasteiger partial charge in [0.2, 0.25) is 0 Å². The van der Waals surface area contributed by atoms with E-state index in [1.807, 2.05) is 22.6 Å². The van der Waals surface area contributed by atoms with Gasteiger partial charge in [0, 0.05) is 5.56 Å². The molecule has 0 aliphatic carbocycles. The minimum Gasteiger partial charge on any atom is -0.306 e. The van der Waals surface area contributed by atoms with E-state index >= 15 is 0 Å². The Kier molecular flexibility index (Phi) is 3.62. The van der Waals surface area contributed by atoms with Gasteiger partial charge in [-0.2, -0.15) is 0 Å². The molecule has 6 heteroatoms. The maximum absolute atomic E-state index is 13.4. The molecular formula is C11H7BrFIN2O. The van der Waals surface area contributed by atoms with Crippen molar-refractivity contribution in [3.05, 3.63) is 48.1 Å². The molecule has 0 aliphatic heterocycles. The van der Waals surface area contributed by atoms with Gasteiger partial charge in [0.25, 0.3) is 5.56 Å². The van der Waals surface area contributed by atoms with Crippen LogP contribution >= 0.6 is 38.5 Å². The number of hydrogen-bond acceptors (Lipinski definition) is 2. The van der Waals surface area contributed by atoms with E-state index < -0.39 is 0 Å². The second-order valence-electron chi connectivity index (χ2n) is 3.44. The summed E-state index contributed by atoms with van der Waals surface area (Å²) in [5.74, 6) is -0.0133. The SMILES string of the molecule is Cc1nc(-c2ccc(Br)c(F)c2)[nH]c(=O)c1I. The molecule has 0 atom stereocenters. The molecule has 0 radical (unpaired) electrons. The Morgan fingerprint density at radius 1 is 1.47 bits per heavy atom. The molecule has 0 aliphatic rings. The Morgan fingerprint density at radius 2 is 2.18 bits per heavy atom. The smallest absolute Gasteiger partial charge is 0.264 e. The van der Waals surface area contributed by atoms with E-state index in [-0.39, 0.29) is 11.4 Å². The molecule has 17 heavy (non-hydrogen) atoms. The van der Waals surface area contributed by atoms with Crippen LogP contribution < -0.4 is 5.56 Å². The summed E-state index contributed by atoms with van der Waals surface area (Å²) in [5, 5.41) is 0. The number of halogens is 3. The molecule has 3 nitrogen and oxygen atoms in total. The summed E-state index contributed by atoms with van der Waals surface area (Å²) in [7, 11) is 0. The summed E-state index contributed by atoms with van der Waals surface area (Å²) < 4.78 is 14.3. The average Bonchev–Trinajstić information content (AvgIpc) is 2.29. The van der Waals surface area contributed by atoms with Crippen molar-refractivity contribution in [2.45, 2.75) is 6.92 Å². The van der Waals surface area contributed by atoms with Crippen molar-refractivity contribution in [2.75, 3.05) is 0 Å². The number of H-pyrrole nitrogens is 1. The molecule has 88 valence electrons. The van der Waals surface area contributed by atoms with Crippen LogP contribution in [0.25, 0.3) is 11.4 Å². The van der Waals surface area contributed by atoms with Gasteiger partial charge in [-0.15, -0.1) is 0 Å². The van der Waals surface area contributed by atoms with Gasteiger partial charge in [0.1, 0.15) is 11.6 Å². The molecule has 0 saturated heterocycles. The lowest BCUT2D eigenvalue weighted by Gasteiger charge is -2.04. The highest BCUT2D eigenvalue weighted by atomic mass is 127. The normalized spacial score (nSPS) is 10.6. The van der Waals surface area contributed by atoms with E-state index in [9.17, 15) is 9.18 Å². The first-order valence-electron chi connectivity index (χ1n) is 4.71. The highest BCUT2D eigenvalue weighted by Crippen LogP contribution is 2.22. The first-order valence-corrected chi connectivity index (χ1v) is 6.58. The van der Waals surface area contributed by atoms with E-state index in [1.54, 1.807) is 19.1 Å². The van der Waals surface area contributed by atoms with Crippen molar-refractivity contribution in [1.82, 2.24) is 9.97 Å². The molecule has 1 heterocycles. The highest BCUT2D eigenvalue weighted by molar-refractivity contribution is 14.1. The van der Waals surface area contributed by atoms with Gasteiger partial charge < -0.3 is 4.98 Å². The summed E-state index contributed by atoms with van der Waals surface area (Å²) in [4.78, 5) is 18.4. The minimum atomic E-state index is -0.388. The van der Waals surface area contributed by atoms with E-state index in [1.165, 1.54) is 6.07 Å². The lowest BCUT2D eigenvalue weighted by Crippen LogP contribution is -2.14. The fraction of sp³-hybridized carbons (Fsp3) is 0.0909. The van der Waals surface area contributed by atoms with E-state index in [0.717, 1.165) is 0 Å². The topological polar surface area (TPSA) is 45.8 Å². The van der Waals surface area contributed by atoms with Gasteiger partial charge in [-0.05, 0) is 63.6 Å². The monoisotopic (exact) mass is 408 g/mol. The Bertz CT molecular complexity index is 642. The van der Waals surface area contributed by atoms with Crippen LogP contribution in [0.1, 0.15) is 5.69 Å². The number of aromatic nitrogens is 2. The Balaban J connectivity index is 2.61. The summed E-state index contributed by atoms with van der Waals surface area (Å²) in [5.41, 5.74) is 0.964. The third-order valence-electron chi connectivity index (χ3n) is 2.22. The number of rotatable bonds is 1. The van der Waals surface area contributed by atoms with Gasteiger partial charge in [-0.1, -0.05) is 0 Å². The number of aryl methyl sites for hydroxylation is 1. The first-order chi connectivity index (χ1) is 7.99. The second-order valence-corrected chi connectivity index (χ2v) is 5.38. The van der Waals surface area contributed by atoms with Crippen molar-refractivity contribution in [1.29, 1.82) is 0 Å². The van der Waals surface area contributed by atoms with Crippen molar-refractivity contribution in [3.63, 3.8) is 0 Å². The van der Waals surface area contributed by atoms with Crippen molar-refractivity contribution in [3.8, 4) is 11.4 Å². The predicted octanol–water partition coefficient (Wildman–Crippen LogP) is 3.25. The summed E-state index contributed by atoms with van der Waals surface area (Å²) in [6.45, 7) is 1.75. The van der Waals surface area contributed by atoms with Crippen molar-refractivity contribution < 1.29 is 4.39 Å². The zero-order valence-corrected chi connectivity index (χ0v) is 12.5. The number of benzene rings is 1. The van der Waals surface area contributed by atoms with E-state index in [2.05, 4.69) is 25.9 Å². The average molecular weight is 409 g/mol. The van der Waals surface area contributed by atoms with Gasteiger partial charge in [0.05, 0.1) is 13.7 Å². The van der Waals surface area contributed by atoms with Gasteiger partial charge in [0.15, 0.2) is 0 Å². The molecule has 1 aromatic heterocycles. The second kappa shape index (κ2) is 4.85. The quantitative estimate of drug-likeness (QED) is 0.736. The molecule has 0 spiro atoms. The van der Waals surface area contributed by atoms with Crippen molar-refractivity contribution in [2.24, 2.45) is 0 Å². The van der Waals surface area contributed by atoms with Crippen LogP contribution in [0, 0.1) is 16.3 Å². The number of hydrogen-bond donors (Lipinski definition) is 1. The fourth-order valence-corrected chi connectivity index (χ4v) is 1.85. The standard InChI is InChI=1S/C11H7BrFIN2O/c1-5-9(14)11(17)16-10(15-5)6-2-3-7(12)8(13)4-6/h2-4H,1H3,(H,15,16,17). The van der Waals surface area contributed by atoms with Crippen LogP contribution in [0.4, 0.5) is 4.39 Å². The molecule has 0 bridgehead atoms. The third-order valence-corrected chi connectivity index (χ3v) is 4.14. The van der Waals surface area contributed by atoms with E-state index in [4.69, 9.17) is 0 Å². The first kappa shape index (κ1) is 12.7. The third kappa shape index (κ3) is 2.57. The maximum Gasteiger partial charge on any atom is 0.264 e. The van der Waals surface area contributed by atoms with Gasteiger partial charge >= 0.3 is 0 Å². The number of aromatic amines is 1. The summed E-state index contributed by atoms with van der Waals surface area (Å²) in [6, 6.07) is 4.60. The molecule has 0 unspecified atom stereocenters. The van der Waals surface area contributed by atoms with Crippen LogP contribution in [0.5, 0.6) is 0 Å². The molecule has 1 aromatic carbocycles. The molecule has 0 fully saturated rings. The number of nitrogens with zero attached hydrogens (tertiary/aromatic N) is 1. The molecule has 1 N–H and O–H groups in total. The molecule has 0 amide bonds. The van der Waals surface area contributed by atoms with Gasteiger partial charge in [-0.25, -0.2) is 9.37 Å². The fourth-order valence-electron chi connectivity index (χ4n) is 1.35. The minimum absolute atomic E-state index is 0.212. The molecule has 0 saturated carbocycles. The molecule has 2 aromatic rings. The number of nitrogens with one attached hydrogen (secondary N) is 1. The predicted molar refractivity (Wildman–Crippen MR) is 75.4 cm³/mol. The highest BCUT2D eigenvalue weighted by Gasteiger charge is 2.08. The largest absolute Gasteiger partial charge is 0.306 e. The summed E-state index contributed by atoms with van der Waals surface area (Å²) >= 11 is 5.00. The van der Waals surface area contributed by atoms with Crippen molar-refractivity contribution >= 4 is 38.5 Å². The van der Waals surface area contributed by atoms with Crippen LogP contribution in [0.15, 0.2) is 27.5 Å². The lowest BCUT2D eigenvalue weighted by molar-refractivity contribution is 0.621. The lowest BCUT2D eigenvalue weighted by atomic mass is 10.2. The van der Waals surface area contributed by atoms with Crippen LogP contribution in [-0.4, -0.2) is 9.97 Å². The van der Waals surface area contributed by atoms with Crippen LogP contribution in [0.2, 0.25) is 0 Å². The van der Waals surface area contributed by atoms with Crippen LogP contribution in [0.3, 0.4) is 0 Å². The Morgan fingerprint density at radius 3 is 2.76 bits per heavy atom. The zero-order valence-electron chi connectivity index (χ0n) is 8.72. The van der Waals surface area contributed by atoms with Crippen LogP contribution in [-0.2, 0) is 0 Å². The molecular weight excluding hydrogens is 402 g/mol. The van der Waals surface area contributed by atoms with E-state index in [0.29, 0.717) is 25.1 Å².